The molecule has 100 valence electrons. The smallest absolute Gasteiger partial charge is 0.292 e. The predicted molar refractivity (Wildman–Crippen MR) is 71.3 cm³/mol. The van der Waals surface area contributed by atoms with Crippen molar-refractivity contribution in [3.05, 3.63) is 51.2 Å². The maximum absolute atomic E-state index is 10.9. The van der Waals surface area contributed by atoms with E-state index in [1.165, 1.54) is 18.2 Å². The highest BCUT2D eigenvalue weighted by Crippen LogP contribution is 2.27. The van der Waals surface area contributed by atoms with Crippen LogP contribution in [0.2, 0.25) is 5.02 Å². The van der Waals surface area contributed by atoms with Gasteiger partial charge < -0.3 is 9.73 Å². The highest BCUT2D eigenvalue weighted by molar-refractivity contribution is 6.31. The van der Waals surface area contributed by atoms with Crippen LogP contribution >= 0.6 is 11.6 Å². The molecule has 1 aromatic carbocycles. The SMILES string of the molecule is CCc1cnc(CNc2cc(Cl)ccc2[N+](=O)[O-])o1. The molecule has 0 spiro atoms. The van der Waals surface area contributed by atoms with Crippen LogP contribution in [0.1, 0.15) is 18.6 Å². The first kappa shape index (κ1) is 13.4. The van der Waals surface area contributed by atoms with Gasteiger partial charge in [-0.3, -0.25) is 10.1 Å². The molecule has 7 heteroatoms. The molecule has 0 bridgehead atoms. The summed E-state index contributed by atoms with van der Waals surface area (Å²) < 4.78 is 5.41. The van der Waals surface area contributed by atoms with Crippen LogP contribution in [0.3, 0.4) is 0 Å². The second kappa shape index (κ2) is 5.71. The summed E-state index contributed by atoms with van der Waals surface area (Å²) in [4.78, 5) is 14.5. The molecule has 0 aliphatic rings. The van der Waals surface area contributed by atoms with Gasteiger partial charge in [-0.15, -0.1) is 0 Å². The summed E-state index contributed by atoms with van der Waals surface area (Å²) in [5.74, 6) is 1.25. The number of nitrogens with one attached hydrogen (secondary N) is 1. The monoisotopic (exact) mass is 281 g/mol. The van der Waals surface area contributed by atoms with Gasteiger partial charge in [-0.25, -0.2) is 4.98 Å². The Bertz CT molecular complexity index is 598. The molecule has 0 saturated heterocycles. The summed E-state index contributed by atoms with van der Waals surface area (Å²) in [5.41, 5.74) is 0.306. The first-order chi connectivity index (χ1) is 9.10. The van der Waals surface area contributed by atoms with E-state index >= 15 is 0 Å². The van der Waals surface area contributed by atoms with E-state index in [0.717, 1.165) is 12.2 Å². The number of aryl methyl sites for hydroxylation is 1. The van der Waals surface area contributed by atoms with Crippen LogP contribution in [0.5, 0.6) is 0 Å². The van der Waals surface area contributed by atoms with Gasteiger partial charge in [-0.05, 0) is 12.1 Å². The van der Waals surface area contributed by atoms with E-state index in [1.54, 1.807) is 6.20 Å². The Kier molecular flexibility index (Phi) is 4.01. The predicted octanol–water partition coefficient (Wildman–Crippen LogP) is 3.41. The maximum atomic E-state index is 10.9. The zero-order valence-corrected chi connectivity index (χ0v) is 11.0. The summed E-state index contributed by atoms with van der Waals surface area (Å²) in [7, 11) is 0. The number of halogens is 1. The molecule has 2 aromatic rings. The van der Waals surface area contributed by atoms with Gasteiger partial charge in [0.1, 0.15) is 11.4 Å². The van der Waals surface area contributed by atoms with Crippen molar-refractivity contribution in [2.24, 2.45) is 0 Å². The second-order valence-corrected chi connectivity index (χ2v) is 4.28. The summed E-state index contributed by atoms with van der Waals surface area (Å²) in [6, 6.07) is 4.34. The molecular formula is C12H12ClN3O3. The van der Waals surface area contributed by atoms with E-state index in [4.69, 9.17) is 16.0 Å². The highest BCUT2D eigenvalue weighted by Gasteiger charge is 2.14. The Morgan fingerprint density at radius 1 is 1.53 bits per heavy atom. The Labute approximate surface area is 114 Å². The Hall–Kier alpha value is -2.08. The first-order valence-electron chi connectivity index (χ1n) is 5.71. The van der Waals surface area contributed by atoms with Crippen LogP contribution in [-0.2, 0) is 13.0 Å². The third kappa shape index (κ3) is 3.23. The lowest BCUT2D eigenvalue weighted by Crippen LogP contribution is -2.02. The average molecular weight is 282 g/mol. The van der Waals surface area contributed by atoms with Crippen molar-refractivity contribution < 1.29 is 9.34 Å². The molecule has 0 amide bonds. The average Bonchev–Trinajstić information content (AvgIpc) is 2.84. The molecule has 1 heterocycles. The van der Waals surface area contributed by atoms with Crippen LogP contribution in [0.4, 0.5) is 11.4 Å². The third-order valence-corrected chi connectivity index (χ3v) is 2.77. The lowest BCUT2D eigenvalue weighted by Gasteiger charge is -2.05. The summed E-state index contributed by atoms with van der Waals surface area (Å²) >= 11 is 5.83. The molecule has 19 heavy (non-hydrogen) atoms. The fourth-order valence-corrected chi connectivity index (χ4v) is 1.75. The van der Waals surface area contributed by atoms with Gasteiger partial charge >= 0.3 is 0 Å². The number of aromatic nitrogens is 1. The number of anilines is 1. The Balaban J connectivity index is 2.14. The van der Waals surface area contributed by atoms with Crippen LogP contribution in [-0.4, -0.2) is 9.91 Å². The summed E-state index contributed by atoms with van der Waals surface area (Å²) in [6.07, 6.45) is 2.40. The van der Waals surface area contributed by atoms with Gasteiger partial charge in [-0.1, -0.05) is 18.5 Å². The van der Waals surface area contributed by atoms with Crippen molar-refractivity contribution in [1.29, 1.82) is 0 Å². The van der Waals surface area contributed by atoms with Gasteiger partial charge in [-0.2, -0.15) is 0 Å². The molecule has 0 radical (unpaired) electrons. The molecule has 1 aromatic heterocycles. The van der Waals surface area contributed by atoms with E-state index in [0.29, 0.717) is 16.6 Å². The number of nitro benzene ring substituents is 1. The third-order valence-electron chi connectivity index (χ3n) is 2.54. The number of hydrogen-bond acceptors (Lipinski definition) is 5. The number of benzene rings is 1. The molecule has 0 aliphatic heterocycles. The number of nitrogens with zero attached hydrogens (tertiary/aromatic N) is 2. The van der Waals surface area contributed by atoms with Crippen molar-refractivity contribution >= 4 is 23.0 Å². The summed E-state index contributed by atoms with van der Waals surface area (Å²) in [6.45, 7) is 2.22. The lowest BCUT2D eigenvalue weighted by molar-refractivity contribution is -0.384. The van der Waals surface area contributed by atoms with E-state index in [-0.39, 0.29) is 12.2 Å². The van der Waals surface area contributed by atoms with Crippen LogP contribution in [0.15, 0.2) is 28.8 Å². The van der Waals surface area contributed by atoms with E-state index in [2.05, 4.69) is 10.3 Å². The summed E-state index contributed by atoms with van der Waals surface area (Å²) in [5, 5.41) is 14.2. The Morgan fingerprint density at radius 2 is 2.32 bits per heavy atom. The highest BCUT2D eigenvalue weighted by atomic mass is 35.5. The van der Waals surface area contributed by atoms with Crippen LogP contribution in [0.25, 0.3) is 0 Å². The maximum Gasteiger partial charge on any atom is 0.292 e. The first-order valence-corrected chi connectivity index (χ1v) is 6.09. The molecule has 0 aliphatic carbocycles. The van der Waals surface area contributed by atoms with E-state index in [9.17, 15) is 10.1 Å². The number of rotatable bonds is 5. The van der Waals surface area contributed by atoms with Gasteiger partial charge in [0.2, 0.25) is 5.89 Å². The van der Waals surface area contributed by atoms with Crippen molar-refractivity contribution in [3.8, 4) is 0 Å². The van der Waals surface area contributed by atoms with Crippen molar-refractivity contribution in [2.45, 2.75) is 19.9 Å². The number of nitro groups is 1. The molecule has 0 saturated carbocycles. The zero-order chi connectivity index (χ0) is 13.8. The van der Waals surface area contributed by atoms with Gasteiger partial charge in [0, 0.05) is 17.5 Å². The number of hydrogen-bond donors (Lipinski definition) is 1. The van der Waals surface area contributed by atoms with Crippen LogP contribution < -0.4 is 5.32 Å². The van der Waals surface area contributed by atoms with Crippen molar-refractivity contribution in [1.82, 2.24) is 4.98 Å². The minimum atomic E-state index is -0.467. The van der Waals surface area contributed by atoms with Gasteiger partial charge in [0.25, 0.3) is 5.69 Å². The normalized spacial score (nSPS) is 10.4. The van der Waals surface area contributed by atoms with Crippen molar-refractivity contribution in [3.63, 3.8) is 0 Å². The zero-order valence-electron chi connectivity index (χ0n) is 10.2. The molecule has 0 atom stereocenters. The fourth-order valence-electron chi connectivity index (χ4n) is 1.57. The molecule has 1 N–H and O–H groups in total. The topological polar surface area (TPSA) is 81.2 Å². The minimum absolute atomic E-state index is 0.0355. The standard InChI is InChI=1S/C12H12ClN3O3/c1-2-9-6-15-12(19-9)7-14-10-5-8(13)3-4-11(10)16(17)18/h3-6,14H,2,7H2,1H3. The largest absolute Gasteiger partial charge is 0.444 e. The molecule has 2 rings (SSSR count). The van der Waals surface area contributed by atoms with E-state index < -0.39 is 4.92 Å². The Morgan fingerprint density at radius 3 is 2.95 bits per heavy atom. The fraction of sp³-hybridized carbons (Fsp3) is 0.250. The second-order valence-electron chi connectivity index (χ2n) is 3.85. The van der Waals surface area contributed by atoms with Crippen molar-refractivity contribution in [2.75, 3.05) is 5.32 Å². The minimum Gasteiger partial charge on any atom is -0.444 e. The molecule has 6 nitrogen and oxygen atoms in total. The molecule has 0 unspecified atom stereocenters. The van der Waals surface area contributed by atoms with Gasteiger partial charge in [0.05, 0.1) is 17.7 Å². The number of oxazole rings is 1. The lowest BCUT2D eigenvalue weighted by atomic mass is 10.2. The quantitative estimate of drug-likeness (QED) is 0.671. The molecule has 0 fully saturated rings. The van der Waals surface area contributed by atoms with Gasteiger partial charge in [0.15, 0.2) is 0 Å². The van der Waals surface area contributed by atoms with E-state index in [1.807, 2.05) is 6.92 Å². The molecular weight excluding hydrogens is 270 g/mol. The van der Waals surface area contributed by atoms with Crippen LogP contribution in [0, 0.1) is 10.1 Å².